The molecule has 1 aromatic carbocycles. The van der Waals surface area contributed by atoms with Crippen molar-refractivity contribution in [2.75, 3.05) is 0 Å². The van der Waals surface area contributed by atoms with Crippen LogP contribution in [0.3, 0.4) is 0 Å². The Morgan fingerprint density at radius 1 is 1.12 bits per heavy atom. The molecule has 128 valence electrons. The van der Waals surface area contributed by atoms with Crippen LogP contribution in [0.15, 0.2) is 52.7 Å². The lowest BCUT2D eigenvalue weighted by Crippen LogP contribution is -2.04. The molecule has 0 radical (unpaired) electrons. The normalized spacial score (nSPS) is 12.2. The number of carboxylic acid groups (broad SMARTS) is 1. The summed E-state index contributed by atoms with van der Waals surface area (Å²) in [6.45, 7) is 1.70. The Labute approximate surface area is 139 Å². The van der Waals surface area contributed by atoms with Gasteiger partial charge in [-0.1, -0.05) is 18.2 Å². The fourth-order valence-electron chi connectivity index (χ4n) is 2.37. The summed E-state index contributed by atoms with van der Waals surface area (Å²) in [6, 6.07) is 9.62. The zero-order valence-electron chi connectivity index (χ0n) is 12.8. The Hall–Kier alpha value is -3.23. The molecule has 0 bridgehead atoms. The minimum Gasteiger partial charge on any atom is -0.476 e. The van der Waals surface area contributed by atoms with Gasteiger partial charge in [0.25, 0.3) is 0 Å². The largest absolute Gasteiger partial charge is 0.476 e. The van der Waals surface area contributed by atoms with E-state index in [1.165, 1.54) is 16.5 Å². The summed E-state index contributed by atoms with van der Waals surface area (Å²) in [4.78, 5) is 15.3. The Morgan fingerprint density at radius 3 is 2.52 bits per heavy atom. The van der Waals surface area contributed by atoms with E-state index in [0.717, 1.165) is 12.1 Å². The molecule has 0 saturated heterocycles. The number of imidazole rings is 1. The number of hydrogen-bond donors (Lipinski definition) is 1. The van der Waals surface area contributed by atoms with E-state index in [-0.39, 0.29) is 11.5 Å². The second kappa shape index (κ2) is 6.00. The second-order valence-electron chi connectivity index (χ2n) is 5.16. The van der Waals surface area contributed by atoms with Crippen molar-refractivity contribution in [3.63, 3.8) is 0 Å². The van der Waals surface area contributed by atoms with Gasteiger partial charge in [0.2, 0.25) is 0 Å². The third kappa shape index (κ3) is 3.08. The van der Waals surface area contributed by atoms with E-state index in [4.69, 9.17) is 0 Å². The first-order valence-corrected chi connectivity index (χ1v) is 7.08. The van der Waals surface area contributed by atoms with Gasteiger partial charge >= 0.3 is 12.1 Å². The lowest BCUT2D eigenvalue weighted by molar-refractivity contribution is -0.137. The van der Waals surface area contributed by atoms with Crippen molar-refractivity contribution in [1.29, 1.82) is 0 Å². The first kappa shape index (κ1) is 16.6. The van der Waals surface area contributed by atoms with Crippen LogP contribution in [0.5, 0.6) is 0 Å². The summed E-state index contributed by atoms with van der Waals surface area (Å²) in [5.74, 6) is -1.49. The molecule has 0 saturated carbocycles. The molecule has 0 spiro atoms. The lowest BCUT2D eigenvalue weighted by atomic mass is 10.2. The molecule has 3 aromatic rings. The SMILES string of the molecule is Cc1cccc2nc(C(=O)O)c(N=Nc3ccccc3C(F)(F)F)n12. The second-order valence-corrected chi connectivity index (χ2v) is 5.16. The minimum absolute atomic E-state index is 0.141. The van der Waals surface area contributed by atoms with Gasteiger partial charge in [-0.15, -0.1) is 10.2 Å². The number of aromatic carboxylic acids is 1. The van der Waals surface area contributed by atoms with Crippen molar-refractivity contribution >= 4 is 23.1 Å². The molecule has 6 nitrogen and oxygen atoms in total. The van der Waals surface area contributed by atoms with Gasteiger partial charge in [-0.3, -0.25) is 4.40 Å². The van der Waals surface area contributed by atoms with Crippen LogP contribution in [0.1, 0.15) is 21.7 Å². The number of nitrogens with zero attached hydrogens (tertiary/aromatic N) is 4. The van der Waals surface area contributed by atoms with Crippen molar-refractivity contribution in [3.05, 3.63) is 59.4 Å². The first-order chi connectivity index (χ1) is 11.8. The number of benzene rings is 1. The fraction of sp³-hybridized carbons (Fsp3) is 0.125. The van der Waals surface area contributed by atoms with E-state index in [1.54, 1.807) is 25.1 Å². The topological polar surface area (TPSA) is 79.3 Å². The highest BCUT2D eigenvalue weighted by atomic mass is 19.4. The predicted molar refractivity (Wildman–Crippen MR) is 82.5 cm³/mol. The van der Waals surface area contributed by atoms with Crippen LogP contribution >= 0.6 is 0 Å². The van der Waals surface area contributed by atoms with Gasteiger partial charge in [0, 0.05) is 5.69 Å². The monoisotopic (exact) mass is 348 g/mol. The smallest absolute Gasteiger partial charge is 0.418 e. The van der Waals surface area contributed by atoms with Crippen molar-refractivity contribution in [3.8, 4) is 0 Å². The van der Waals surface area contributed by atoms with Crippen LogP contribution in [-0.2, 0) is 6.18 Å². The number of alkyl halides is 3. The van der Waals surface area contributed by atoms with Crippen LogP contribution < -0.4 is 0 Å². The number of fused-ring (bicyclic) bond motifs is 1. The molecule has 3 rings (SSSR count). The number of azo groups is 1. The van der Waals surface area contributed by atoms with Crippen molar-refractivity contribution in [2.45, 2.75) is 13.1 Å². The Morgan fingerprint density at radius 2 is 1.84 bits per heavy atom. The molecule has 0 unspecified atom stereocenters. The van der Waals surface area contributed by atoms with Crippen molar-refractivity contribution in [2.24, 2.45) is 10.2 Å². The Balaban J connectivity index is 2.18. The van der Waals surface area contributed by atoms with Gasteiger partial charge in [-0.2, -0.15) is 13.2 Å². The van der Waals surface area contributed by atoms with Gasteiger partial charge in [-0.25, -0.2) is 9.78 Å². The van der Waals surface area contributed by atoms with E-state index in [1.807, 2.05) is 0 Å². The standard InChI is InChI=1S/C16H11F3N4O2/c1-9-5-4-8-12-20-13(15(24)25)14(23(9)12)22-21-11-7-3-2-6-10(11)16(17,18)19/h2-8H,1H3,(H,24,25). The number of rotatable bonds is 3. The van der Waals surface area contributed by atoms with Gasteiger partial charge in [0.05, 0.1) is 11.3 Å². The zero-order chi connectivity index (χ0) is 18.2. The molecule has 0 fully saturated rings. The number of hydrogen-bond acceptors (Lipinski definition) is 4. The first-order valence-electron chi connectivity index (χ1n) is 7.08. The highest BCUT2D eigenvalue weighted by Crippen LogP contribution is 2.37. The van der Waals surface area contributed by atoms with Crippen molar-refractivity contribution in [1.82, 2.24) is 9.38 Å². The third-order valence-corrected chi connectivity index (χ3v) is 3.48. The molecule has 2 heterocycles. The summed E-state index contributed by atoms with van der Waals surface area (Å²) in [5.41, 5.74) is -0.815. The number of carbonyl (C=O) groups is 1. The zero-order valence-corrected chi connectivity index (χ0v) is 12.8. The highest BCUT2D eigenvalue weighted by molar-refractivity contribution is 5.91. The maximum atomic E-state index is 13.0. The van der Waals surface area contributed by atoms with E-state index in [9.17, 15) is 23.1 Å². The molecule has 1 N–H and O–H groups in total. The number of pyridine rings is 1. The molecule has 0 aliphatic heterocycles. The molecule has 0 atom stereocenters. The number of halogens is 3. The highest BCUT2D eigenvalue weighted by Gasteiger charge is 2.33. The molecule has 2 aromatic heterocycles. The maximum Gasteiger partial charge on any atom is 0.418 e. The van der Waals surface area contributed by atoms with Gasteiger partial charge in [0.1, 0.15) is 5.65 Å². The van der Waals surface area contributed by atoms with Crippen LogP contribution in [0.4, 0.5) is 24.7 Å². The molecule has 0 aliphatic carbocycles. The number of aromatic nitrogens is 2. The average Bonchev–Trinajstić information content (AvgIpc) is 2.92. The molecule has 0 aliphatic rings. The fourth-order valence-corrected chi connectivity index (χ4v) is 2.37. The molecule has 25 heavy (non-hydrogen) atoms. The van der Waals surface area contributed by atoms with E-state index < -0.39 is 23.4 Å². The van der Waals surface area contributed by atoms with Gasteiger partial charge in [0.15, 0.2) is 11.5 Å². The predicted octanol–water partition coefficient (Wildman–Crippen LogP) is 4.78. The van der Waals surface area contributed by atoms with E-state index in [2.05, 4.69) is 15.2 Å². The summed E-state index contributed by atoms with van der Waals surface area (Å²) in [7, 11) is 0. The Bertz CT molecular complexity index is 993. The molecular formula is C16H11F3N4O2. The summed E-state index contributed by atoms with van der Waals surface area (Å²) < 4.78 is 40.5. The average molecular weight is 348 g/mol. The number of carboxylic acids is 1. The minimum atomic E-state index is -4.60. The molecular weight excluding hydrogens is 337 g/mol. The van der Waals surface area contributed by atoms with Gasteiger partial charge in [-0.05, 0) is 31.2 Å². The van der Waals surface area contributed by atoms with Crippen LogP contribution in [0.2, 0.25) is 0 Å². The number of aryl methyl sites for hydroxylation is 1. The molecule has 9 heteroatoms. The summed E-state index contributed by atoms with van der Waals surface area (Å²) in [6.07, 6.45) is -4.60. The van der Waals surface area contributed by atoms with Crippen LogP contribution in [0.25, 0.3) is 5.65 Å². The van der Waals surface area contributed by atoms with Crippen molar-refractivity contribution < 1.29 is 23.1 Å². The van der Waals surface area contributed by atoms with Crippen LogP contribution in [0, 0.1) is 6.92 Å². The Kier molecular flexibility index (Phi) is 3.99. The van der Waals surface area contributed by atoms with E-state index >= 15 is 0 Å². The summed E-state index contributed by atoms with van der Waals surface area (Å²) >= 11 is 0. The van der Waals surface area contributed by atoms with Crippen LogP contribution in [-0.4, -0.2) is 20.5 Å². The summed E-state index contributed by atoms with van der Waals surface area (Å²) in [5, 5.41) is 16.7. The molecule has 0 amide bonds. The van der Waals surface area contributed by atoms with E-state index in [0.29, 0.717) is 11.3 Å². The van der Waals surface area contributed by atoms with Gasteiger partial charge < -0.3 is 5.11 Å². The maximum absolute atomic E-state index is 13.0. The quantitative estimate of drug-likeness (QED) is 0.692. The third-order valence-electron chi connectivity index (χ3n) is 3.48. The lowest BCUT2D eigenvalue weighted by Gasteiger charge is -2.08.